The molecule has 4 aromatic carbocycles. The quantitative estimate of drug-likeness (QED) is 0.133. The second kappa shape index (κ2) is 13.0. The first kappa shape index (κ1) is 28.5. The van der Waals surface area contributed by atoms with Crippen LogP contribution in [0.3, 0.4) is 0 Å². The summed E-state index contributed by atoms with van der Waals surface area (Å²) in [5, 5.41) is 25.0. The number of carboxylic acid groups (broad SMARTS) is 2. The molecule has 202 valence electrons. The van der Waals surface area contributed by atoms with Crippen LogP contribution in [0.2, 0.25) is 0 Å². The number of carboxylic acids is 2. The molecule has 4 rings (SSSR count). The fourth-order valence-electron chi connectivity index (χ4n) is 3.81. The fourth-order valence-corrected chi connectivity index (χ4v) is 6.38. The van der Waals surface area contributed by atoms with E-state index in [0.29, 0.717) is 11.3 Å². The molecule has 1 unspecified atom stereocenters. The summed E-state index contributed by atoms with van der Waals surface area (Å²) in [5.74, 6) is -3.54. The number of benzene rings is 4. The van der Waals surface area contributed by atoms with E-state index in [0.717, 1.165) is 26.5 Å². The first-order valence-electron chi connectivity index (χ1n) is 12.0. The fraction of sp³-hybridized carbons (Fsp3) is 0.0667. The van der Waals surface area contributed by atoms with Gasteiger partial charge in [0.1, 0.15) is 0 Å². The molecule has 2 amide bonds. The molecule has 10 heteroatoms. The molecular weight excluding hydrogens is 548 g/mol. The van der Waals surface area contributed by atoms with Gasteiger partial charge in [-0.15, -0.1) is 0 Å². The van der Waals surface area contributed by atoms with Crippen LogP contribution in [0.15, 0.2) is 114 Å². The molecule has 0 spiro atoms. The highest BCUT2D eigenvalue weighted by molar-refractivity contribution is 8.77. The van der Waals surface area contributed by atoms with Crippen molar-refractivity contribution in [3.05, 3.63) is 131 Å². The molecule has 0 fully saturated rings. The third kappa shape index (κ3) is 6.90. The van der Waals surface area contributed by atoms with Crippen molar-refractivity contribution in [1.82, 2.24) is 5.32 Å². The number of hydrogen-bond donors (Lipinski definition) is 4. The van der Waals surface area contributed by atoms with Crippen molar-refractivity contribution in [2.45, 2.75) is 16.2 Å². The molecule has 0 aliphatic carbocycles. The third-order valence-electron chi connectivity index (χ3n) is 5.75. The maximum Gasteiger partial charge on any atom is 0.345 e. The molecule has 0 aliphatic heterocycles. The van der Waals surface area contributed by atoms with E-state index in [1.165, 1.54) is 12.1 Å². The molecule has 0 aliphatic rings. The highest BCUT2D eigenvalue weighted by Crippen LogP contribution is 2.47. The Bertz CT molecular complexity index is 1510. The van der Waals surface area contributed by atoms with E-state index in [9.17, 15) is 24.3 Å². The van der Waals surface area contributed by atoms with E-state index in [4.69, 9.17) is 5.11 Å². The molecule has 40 heavy (non-hydrogen) atoms. The van der Waals surface area contributed by atoms with Gasteiger partial charge in [0.15, 0.2) is 0 Å². The Morgan fingerprint density at radius 2 is 1.30 bits per heavy atom. The van der Waals surface area contributed by atoms with Gasteiger partial charge in [0.05, 0.1) is 6.42 Å². The van der Waals surface area contributed by atoms with E-state index in [1.54, 1.807) is 66.7 Å². The van der Waals surface area contributed by atoms with Crippen LogP contribution in [0, 0.1) is 0 Å². The smallest absolute Gasteiger partial charge is 0.345 e. The second-order valence-electron chi connectivity index (χ2n) is 8.55. The van der Waals surface area contributed by atoms with Crippen molar-refractivity contribution in [2.75, 3.05) is 5.32 Å². The largest absolute Gasteiger partial charge is 0.481 e. The van der Waals surface area contributed by atoms with Crippen LogP contribution in [-0.4, -0.2) is 34.0 Å². The van der Waals surface area contributed by atoms with Gasteiger partial charge in [-0.25, -0.2) is 4.79 Å². The van der Waals surface area contributed by atoms with Gasteiger partial charge >= 0.3 is 11.9 Å². The Kier molecular flexibility index (Phi) is 9.26. The summed E-state index contributed by atoms with van der Waals surface area (Å²) in [5.41, 5.74) is 1.36. The minimum absolute atomic E-state index is 0.0500. The zero-order chi connectivity index (χ0) is 28.5. The molecule has 0 aromatic heterocycles. The van der Waals surface area contributed by atoms with Gasteiger partial charge in [-0.1, -0.05) is 77.5 Å². The number of rotatable bonds is 11. The maximum atomic E-state index is 13.5. The van der Waals surface area contributed by atoms with E-state index >= 15 is 0 Å². The Morgan fingerprint density at radius 1 is 0.700 bits per heavy atom. The summed E-state index contributed by atoms with van der Waals surface area (Å²) in [6.45, 7) is 0. The molecule has 4 N–H and O–H groups in total. The molecular formula is C30H24N2O6S2. The molecule has 1 atom stereocenters. The highest BCUT2D eigenvalue weighted by atomic mass is 33.1. The third-order valence-corrected chi connectivity index (χ3v) is 8.62. The summed E-state index contributed by atoms with van der Waals surface area (Å²) in [6.07, 6.45) is -0.157. The lowest BCUT2D eigenvalue weighted by molar-refractivity contribution is -0.141. The van der Waals surface area contributed by atoms with Crippen molar-refractivity contribution < 1.29 is 29.4 Å². The van der Waals surface area contributed by atoms with E-state index in [-0.39, 0.29) is 23.1 Å². The van der Waals surface area contributed by atoms with Gasteiger partial charge < -0.3 is 20.8 Å². The van der Waals surface area contributed by atoms with Gasteiger partial charge in [-0.2, -0.15) is 0 Å². The topological polar surface area (TPSA) is 133 Å². The number of nitrogens with one attached hydrogen (secondary N) is 2. The summed E-state index contributed by atoms with van der Waals surface area (Å²) in [7, 11) is 2.06. The average molecular weight is 573 g/mol. The number of anilines is 1. The zero-order valence-corrected chi connectivity index (χ0v) is 22.6. The van der Waals surface area contributed by atoms with Crippen LogP contribution in [0.25, 0.3) is 0 Å². The Balaban J connectivity index is 1.72. The van der Waals surface area contributed by atoms with Crippen molar-refractivity contribution >= 4 is 51.0 Å². The van der Waals surface area contributed by atoms with Crippen molar-refractivity contribution in [1.29, 1.82) is 0 Å². The molecule has 4 aromatic rings. The SMILES string of the molecule is O=C(O)Cc1ccc(NC(=O)c2ccccc2C(NC(=O)c2ccccc2)(SSc2ccccc2)C(=O)O)cc1. The number of aliphatic carboxylic acids is 2. The Hall–Kier alpha value is -4.54. The highest BCUT2D eigenvalue weighted by Gasteiger charge is 2.46. The first-order chi connectivity index (χ1) is 19.3. The molecule has 0 bridgehead atoms. The van der Waals surface area contributed by atoms with Crippen molar-refractivity contribution in [3.8, 4) is 0 Å². The summed E-state index contributed by atoms with van der Waals surface area (Å²) < 4.78 is 0. The summed E-state index contributed by atoms with van der Waals surface area (Å²) in [4.78, 5) is 49.5. The molecule has 0 saturated heterocycles. The van der Waals surface area contributed by atoms with Crippen LogP contribution >= 0.6 is 21.6 Å². The molecule has 0 heterocycles. The van der Waals surface area contributed by atoms with Gasteiger partial charge in [0, 0.05) is 27.3 Å². The van der Waals surface area contributed by atoms with E-state index in [2.05, 4.69) is 10.6 Å². The lowest BCUT2D eigenvalue weighted by Crippen LogP contribution is -2.50. The van der Waals surface area contributed by atoms with Crippen LogP contribution in [0.5, 0.6) is 0 Å². The second-order valence-corrected chi connectivity index (χ2v) is 11.0. The lowest BCUT2D eigenvalue weighted by atomic mass is 9.98. The van der Waals surface area contributed by atoms with Gasteiger partial charge in [-0.05, 0) is 58.8 Å². The summed E-state index contributed by atoms with van der Waals surface area (Å²) >= 11 is 0. The average Bonchev–Trinajstić information content (AvgIpc) is 2.97. The van der Waals surface area contributed by atoms with Gasteiger partial charge in [0.2, 0.25) is 4.87 Å². The van der Waals surface area contributed by atoms with Crippen LogP contribution in [-0.2, 0) is 20.9 Å². The molecule has 8 nitrogen and oxygen atoms in total. The molecule has 0 radical (unpaired) electrons. The number of carbonyl (C=O) groups is 4. The van der Waals surface area contributed by atoms with E-state index in [1.807, 2.05) is 30.3 Å². The zero-order valence-electron chi connectivity index (χ0n) is 20.9. The van der Waals surface area contributed by atoms with Crippen molar-refractivity contribution in [2.24, 2.45) is 0 Å². The first-order valence-corrected chi connectivity index (χ1v) is 14.2. The summed E-state index contributed by atoms with van der Waals surface area (Å²) in [6, 6.07) is 29.9. The number of hydrogen-bond acceptors (Lipinski definition) is 6. The molecule has 0 saturated carbocycles. The maximum absolute atomic E-state index is 13.5. The van der Waals surface area contributed by atoms with Gasteiger partial charge in [-0.3, -0.25) is 14.4 Å². The predicted molar refractivity (Wildman–Crippen MR) is 155 cm³/mol. The van der Waals surface area contributed by atoms with Crippen LogP contribution < -0.4 is 10.6 Å². The monoisotopic (exact) mass is 572 g/mol. The van der Waals surface area contributed by atoms with Crippen molar-refractivity contribution in [3.63, 3.8) is 0 Å². The Labute approximate surface area is 238 Å². The minimum Gasteiger partial charge on any atom is -0.481 e. The van der Waals surface area contributed by atoms with E-state index < -0.39 is 28.6 Å². The number of amides is 2. The van der Waals surface area contributed by atoms with Crippen LogP contribution in [0.1, 0.15) is 31.8 Å². The number of carbonyl (C=O) groups excluding carboxylic acids is 2. The standard InChI is InChI=1S/C30H24N2O6S2/c33-26(34)19-20-15-17-22(18-16-20)31-28(36)24-13-7-8-14-25(24)30(29(37)38,40-39-23-11-5-2-6-12-23)32-27(35)21-9-3-1-4-10-21/h1-18H,19H2,(H,31,36)(H,32,35)(H,33,34)(H,37,38). The predicted octanol–water partition coefficient (Wildman–Crippen LogP) is 5.67. The Morgan fingerprint density at radius 3 is 1.93 bits per heavy atom. The lowest BCUT2D eigenvalue weighted by Gasteiger charge is -2.31. The normalized spacial score (nSPS) is 12.1. The van der Waals surface area contributed by atoms with Gasteiger partial charge in [0.25, 0.3) is 11.8 Å². The van der Waals surface area contributed by atoms with Crippen LogP contribution in [0.4, 0.5) is 5.69 Å². The minimum atomic E-state index is -2.05.